The first-order chi connectivity index (χ1) is 8.42. The Morgan fingerprint density at radius 2 is 2.11 bits per heavy atom. The third-order valence-electron chi connectivity index (χ3n) is 2.59. The Labute approximate surface area is 109 Å². The highest BCUT2D eigenvalue weighted by Gasteiger charge is 2.22. The van der Waals surface area contributed by atoms with Gasteiger partial charge in [-0.3, -0.25) is 4.79 Å². The van der Waals surface area contributed by atoms with Crippen LogP contribution in [0.5, 0.6) is 11.5 Å². The maximum Gasteiger partial charge on any atom is 0.306 e. The molecule has 1 rings (SSSR count). The van der Waals surface area contributed by atoms with Crippen LogP contribution >= 0.6 is 11.6 Å². The van der Waals surface area contributed by atoms with Gasteiger partial charge in [0.05, 0.1) is 25.2 Å². The van der Waals surface area contributed by atoms with Crippen LogP contribution in [-0.4, -0.2) is 25.3 Å². The molecule has 4 nitrogen and oxygen atoms in total. The average molecular weight is 277 g/mol. The van der Waals surface area contributed by atoms with E-state index in [1.54, 1.807) is 0 Å². The van der Waals surface area contributed by atoms with Gasteiger partial charge >= 0.3 is 5.97 Å². The van der Waals surface area contributed by atoms with Gasteiger partial charge in [-0.25, -0.2) is 4.39 Å². The van der Waals surface area contributed by atoms with Gasteiger partial charge in [0.25, 0.3) is 0 Å². The molecule has 0 saturated heterocycles. The van der Waals surface area contributed by atoms with Gasteiger partial charge < -0.3 is 14.6 Å². The van der Waals surface area contributed by atoms with E-state index in [0.717, 1.165) is 6.07 Å². The van der Waals surface area contributed by atoms with Gasteiger partial charge in [0, 0.05) is 11.6 Å². The molecule has 0 saturated carbocycles. The monoisotopic (exact) mass is 276 g/mol. The Kier molecular flexibility index (Phi) is 4.78. The molecule has 0 heterocycles. The molecule has 18 heavy (non-hydrogen) atoms. The number of rotatable bonds is 5. The lowest BCUT2D eigenvalue weighted by Gasteiger charge is -2.16. The van der Waals surface area contributed by atoms with Crippen LogP contribution in [0.3, 0.4) is 0 Å². The van der Waals surface area contributed by atoms with Crippen molar-refractivity contribution in [1.82, 2.24) is 0 Å². The first kappa shape index (κ1) is 14.6. The Balaban J connectivity index is 3.30. The predicted octanol–water partition coefficient (Wildman–Crippen LogP) is 2.76. The number of methoxy groups -OCH3 is 2. The van der Waals surface area contributed by atoms with Gasteiger partial charge in [-0.2, -0.15) is 0 Å². The molecule has 100 valence electrons. The molecule has 1 aromatic rings. The number of ether oxygens (including phenoxy) is 2. The van der Waals surface area contributed by atoms with Crippen molar-refractivity contribution in [1.29, 1.82) is 0 Å². The number of benzene rings is 1. The Morgan fingerprint density at radius 3 is 2.56 bits per heavy atom. The minimum atomic E-state index is -0.989. The Bertz CT molecular complexity index is 462. The molecule has 0 fully saturated rings. The van der Waals surface area contributed by atoms with E-state index in [1.807, 2.05) is 0 Å². The van der Waals surface area contributed by atoms with Crippen molar-refractivity contribution in [3.63, 3.8) is 0 Å². The van der Waals surface area contributed by atoms with Crippen LogP contribution in [0.2, 0.25) is 5.02 Å². The van der Waals surface area contributed by atoms with E-state index in [4.69, 9.17) is 26.2 Å². The number of hydrogen-bond acceptors (Lipinski definition) is 3. The molecule has 0 amide bonds. The van der Waals surface area contributed by atoms with Gasteiger partial charge in [-0.05, 0) is 6.42 Å². The standard InChI is InChI=1S/C12H14ClFO4/c1-6(12(15)16)4-7-10(13)8(14)5-9(17-2)11(7)18-3/h5-6H,4H2,1-3H3,(H,15,16). The second kappa shape index (κ2) is 5.91. The molecule has 1 atom stereocenters. The van der Waals surface area contributed by atoms with E-state index in [0.29, 0.717) is 5.56 Å². The van der Waals surface area contributed by atoms with Crippen molar-refractivity contribution >= 4 is 17.6 Å². The van der Waals surface area contributed by atoms with Crippen molar-refractivity contribution in [2.75, 3.05) is 14.2 Å². The highest BCUT2D eigenvalue weighted by atomic mass is 35.5. The fourth-order valence-electron chi connectivity index (χ4n) is 1.59. The summed E-state index contributed by atoms with van der Waals surface area (Å²) in [6.07, 6.45) is 0.0610. The number of carbonyl (C=O) groups is 1. The van der Waals surface area contributed by atoms with E-state index >= 15 is 0 Å². The van der Waals surface area contributed by atoms with E-state index in [1.165, 1.54) is 21.1 Å². The van der Waals surface area contributed by atoms with Crippen molar-refractivity contribution < 1.29 is 23.8 Å². The first-order valence-electron chi connectivity index (χ1n) is 5.24. The van der Waals surface area contributed by atoms with Crippen LogP contribution in [0.25, 0.3) is 0 Å². The van der Waals surface area contributed by atoms with E-state index in [2.05, 4.69) is 0 Å². The van der Waals surface area contributed by atoms with Crippen molar-refractivity contribution in [3.05, 3.63) is 22.5 Å². The highest BCUT2D eigenvalue weighted by molar-refractivity contribution is 6.31. The zero-order chi connectivity index (χ0) is 13.9. The van der Waals surface area contributed by atoms with Crippen molar-refractivity contribution in [3.8, 4) is 11.5 Å². The molecule has 1 unspecified atom stereocenters. The fourth-order valence-corrected chi connectivity index (χ4v) is 1.81. The Hall–Kier alpha value is -1.49. The van der Waals surface area contributed by atoms with Crippen LogP contribution in [0.15, 0.2) is 6.07 Å². The second-order valence-corrected chi connectivity index (χ2v) is 4.21. The molecule has 0 bridgehead atoms. The third-order valence-corrected chi connectivity index (χ3v) is 2.99. The maximum absolute atomic E-state index is 13.6. The molecular weight excluding hydrogens is 263 g/mol. The molecule has 0 radical (unpaired) electrons. The molecule has 1 aromatic carbocycles. The quantitative estimate of drug-likeness (QED) is 0.898. The Morgan fingerprint density at radius 1 is 1.50 bits per heavy atom. The summed E-state index contributed by atoms with van der Waals surface area (Å²) in [7, 11) is 2.76. The molecule has 0 aliphatic carbocycles. The zero-order valence-electron chi connectivity index (χ0n) is 10.3. The lowest BCUT2D eigenvalue weighted by atomic mass is 10.00. The largest absolute Gasteiger partial charge is 0.493 e. The van der Waals surface area contributed by atoms with E-state index in [-0.39, 0.29) is 22.9 Å². The molecule has 1 N–H and O–H groups in total. The zero-order valence-corrected chi connectivity index (χ0v) is 11.0. The van der Waals surface area contributed by atoms with Gasteiger partial charge in [0.1, 0.15) is 5.82 Å². The van der Waals surface area contributed by atoms with Crippen LogP contribution in [0.1, 0.15) is 12.5 Å². The summed E-state index contributed by atoms with van der Waals surface area (Å²) in [6, 6.07) is 1.11. The topological polar surface area (TPSA) is 55.8 Å². The van der Waals surface area contributed by atoms with E-state index in [9.17, 15) is 9.18 Å². The molecule has 0 aliphatic rings. The maximum atomic E-state index is 13.6. The lowest BCUT2D eigenvalue weighted by molar-refractivity contribution is -0.141. The van der Waals surface area contributed by atoms with Crippen LogP contribution in [0, 0.1) is 11.7 Å². The SMILES string of the molecule is COc1cc(F)c(Cl)c(CC(C)C(=O)O)c1OC. The minimum absolute atomic E-state index is 0.0610. The number of hydrogen-bond donors (Lipinski definition) is 1. The number of halogens is 2. The summed E-state index contributed by atoms with van der Waals surface area (Å²) in [5, 5.41) is 8.75. The number of aliphatic carboxylic acids is 1. The summed E-state index contributed by atoms with van der Waals surface area (Å²) in [5.41, 5.74) is 0.297. The smallest absolute Gasteiger partial charge is 0.306 e. The van der Waals surface area contributed by atoms with Crippen LogP contribution in [-0.2, 0) is 11.2 Å². The average Bonchev–Trinajstić information content (AvgIpc) is 2.34. The summed E-state index contributed by atoms with van der Waals surface area (Å²) < 4.78 is 23.7. The normalized spacial score (nSPS) is 12.1. The lowest BCUT2D eigenvalue weighted by Crippen LogP contribution is -2.13. The number of carboxylic acids is 1. The van der Waals surface area contributed by atoms with E-state index < -0.39 is 17.7 Å². The summed E-state index contributed by atoms with van der Waals surface area (Å²) in [4.78, 5) is 10.8. The molecule has 6 heteroatoms. The summed E-state index contributed by atoms with van der Waals surface area (Å²) in [5.74, 6) is -1.91. The van der Waals surface area contributed by atoms with Gasteiger partial charge in [-0.15, -0.1) is 0 Å². The molecular formula is C12H14ClFO4. The summed E-state index contributed by atoms with van der Waals surface area (Å²) in [6.45, 7) is 1.51. The predicted molar refractivity (Wildman–Crippen MR) is 65.0 cm³/mol. The highest BCUT2D eigenvalue weighted by Crippen LogP contribution is 2.39. The molecule has 0 spiro atoms. The molecule has 0 aliphatic heterocycles. The summed E-state index contributed by atoms with van der Waals surface area (Å²) >= 11 is 5.85. The van der Waals surface area contributed by atoms with Gasteiger partial charge in [0.15, 0.2) is 11.5 Å². The van der Waals surface area contributed by atoms with Crippen LogP contribution < -0.4 is 9.47 Å². The van der Waals surface area contributed by atoms with Gasteiger partial charge in [-0.1, -0.05) is 18.5 Å². The van der Waals surface area contributed by atoms with Crippen molar-refractivity contribution in [2.45, 2.75) is 13.3 Å². The van der Waals surface area contributed by atoms with Crippen molar-refractivity contribution in [2.24, 2.45) is 5.92 Å². The fraction of sp³-hybridized carbons (Fsp3) is 0.417. The van der Waals surface area contributed by atoms with Crippen LogP contribution in [0.4, 0.5) is 4.39 Å². The minimum Gasteiger partial charge on any atom is -0.493 e. The van der Waals surface area contributed by atoms with Gasteiger partial charge in [0.2, 0.25) is 0 Å². The second-order valence-electron chi connectivity index (χ2n) is 3.83. The third kappa shape index (κ3) is 2.85. The molecule has 0 aromatic heterocycles. The first-order valence-corrected chi connectivity index (χ1v) is 5.61. The number of carboxylic acid groups (broad SMARTS) is 1.